The lowest BCUT2D eigenvalue weighted by atomic mass is 9.99. The van der Waals surface area contributed by atoms with Gasteiger partial charge in [0.1, 0.15) is 0 Å². The third-order valence-electron chi connectivity index (χ3n) is 3.22. The van der Waals surface area contributed by atoms with Crippen molar-refractivity contribution in [2.75, 3.05) is 0 Å². The summed E-state index contributed by atoms with van der Waals surface area (Å²) in [5, 5.41) is 2.63. The third-order valence-corrected chi connectivity index (χ3v) is 3.22. The highest BCUT2D eigenvalue weighted by Crippen LogP contribution is 2.21. The van der Waals surface area contributed by atoms with Crippen molar-refractivity contribution in [3.63, 3.8) is 0 Å². The van der Waals surface area contributed by atoms with E-state index in [1.807, 2.05) is 0 Å². The minimum atomic E-state index is 0.981. The van der Waals surface area contributed by atoms with Gasteiger partial charge in [-0.1, -0.05) is 72.8 Å². The predicted molar refractivity (Wildman–Crippen MR) is 77.5 cm³/mol. The molecular weight excluding hydrogens is 216 g/mol. The molecule has 0 atom stereocenters. The Hall–Kier alpha value is -2.08. The zero-order valence-corrected chi connectivity index (χ0v) is 10.2. The SMILES string of the molecule is [CH](Cc1ccccc1)c1cccc2ccccc12. The third kappa shape index (κ3) is 2.28. The second-order valence-electron chi connectivity index (χ2n) is 4.46. The smallest absolute Gasteiger partial charge is 0.00431 e. The van der Waals surface area contributed by atoms with Crippen LogP contribution < -0.4 is 0 Å². The molecule has 0 heteroatoms. The van der Waals surface area contributed by atoms with Crippen LogP contribution in [0.3, 0.4) is 0 Å². The first-order chi connectivity index (χ1) is 8.93. The average Bonchev–Trinajstić information content (AvgIpc) is 2.46. The molecule has 0 spiro atoms. The maximum absolute atomic E-state index is 2.30. The van der Waals surface area contributed by atoms with Gasteiger partial charge in [0.05, 0.1) is 0 Å². The maximum Gasteiger partial charge on any atom is -0.00431 e. The molecule has 18 heavy (non-hydrogen) atoms. The minimum Gasteiger partial charge on any atom is -0.0622 e. The van der Waals surface area contributed by atoms with Gasteiger partial charge in [0.2, 0.25) is 0 Å². The van der Waals surface area contributed by atoms with E-state index in [0.717, 1.165) is 6.42 Å². The van der Waals surface area contributed by atoms with Gasteiger partial charge in [-0.25, -0.2) is 0 Å². The van der Waals surface area contributed by atoms with Crippen molar-refractivity contribution in [3.05, 3.63) is 90.3 Å². The first kappa shape index (κ1) is 11.0. The summed E-state index contributed by atoms with van der Waals surface area (Å²) in [6.45, 7) is 0. The number of hydrogen-bond donors (Lipinski definition) is 0. The molecule has 0 aliphatic carbocycles. The lowest BCUT2D eigenvalue weighted by Crippen LogP contribution is -1.89. The van der Waals surface area contributed by atoms with Gasteiger partial charge in [-0.3, -0.25) is 0 Å². The summed E-state index contributed by atoms with van der Waals surface area (Å²) in [6, 6.07) is 25.6. The van der Waals surface area contributed by atoms with E-state index in [0.29, 0.717) is 0 Å². The lowest BCUT2D eigenvalue weighted by molar-refractivity contribution is 1.18. The molecule has 1 radical (unpaired) electrons. The molecule has 3 aromatic carbocycles. The van der Waals surface area contributed by atoms with E-state index in [4.69, 9.17) is 0 Å². The Morgan fingerprint density at radius 3 is 2.28 bits per heavy atom. The molecule has 0 fully saturated rings. The lowest BCUT2D eigenvalue weighted by Gasteiger charge is -2.06. The van der Waals surface area contributed by atoms with Crippen LogP contribution >= 0.6 is 0 Å². The van der Waals surface area contributed by atoms with Crippen LogP contribution in [0.1, 0.15) is 11.1 Å². The fraction of sp³-hybridized carbons (Fsp3) is 0.0556. The van der Waals surface area contributed by atoms with Gasteiger partial charge in [-0.15, -0.1) is 0 Å². The predicted octanol–water partition coefficient (Wildman–Crippen LogP) is 4.63. The molecule has 3 rings (SSSR count). The van der Waals surface area contributed by atoms with E-state index >= 15 is 0 Å². The topological polar surface area (TPSA) is 0 Å². The first-order valence-corrected chi connectivity index (χ1v) is 6.28. The summed E-state index contributed by atoms with van der Waals surface area (Å²) >= 11 is 0. The molecule has 87 valence electrons. The molecule has 3 aromatic rings. The van der Waals surface area contributed by atoms with Crippen LogP contribution in [0.5, 0.6) is 0 Å². The van der Waals surface area contributed by atoms with E-state index in [1.54, 1.807) is 0 Å². The van der Waals surface area contributed by atoms with Gasteiger partial charge in [0.15, 0.2) is 0 Å². The molecule has 0 unspecified atom stereocenters. The molecule has 0 aliphatic rings. The van der Waals surface area contributed by atoms with Crippen LogP contribution in [0.25, 0.3) is 10.8 Å². The standard InChI is InChI=1S/C18H15/c1-2-7-15(8-3-1)13-14-17-11-6-10-16-9-4-5-12-18(16)17/h1-12,14H,13H2. The van der Waals surface area contributed by atoms with E-state index in [1.165, 1.54) is 21.9 Å². The fourth-order valence-corrected chi connectivity index (χ4v) is 2.27. The molecule has 0 bridgehead atoms. The Morgan fingerprint density at radius 2 is 1.39 bits per heavy atom. The van der Waals surface area contributed by atoms with E-state index < -0.39 is 0 Å². The average molecular weight is 231 g/mol. The summed E-state index contributed by atoms with van der Waals surface area (Å²) < 4.78 is 0. The number of hydrogen-bond acceptors (Lipinski definition) is 0. The van der Waals surface area contributed by atoms with Gasteiger partial charge in [-0.05, 0) is 34.7 Å². The Morgan fingerprint density at radius 1 is 0.667 bits per heavy atom. The van der Waals surface area contributed by atoms with Gasteiger partial charge >= 0.3 is 0 Å². The van der Waals surface area contributed by atoms with Crippen molar-refractivity contribution in [2.45, 2.75) is 6.42 Å². The summed E-state index contributed by atoms with van der Waals surface area (Å²) in [5.74, 6) is 0. The fourth-order valence-electron chi connectivity index (χ4n) is 2.27. The van der Waals surface area contributed by atoms with Gasteiger partial charge in [0, 0.05) is 0 Å². The molecule has 0 amide bonds. The van der Waals surface area contributed by atoms with Crippen molar-refractivity contribution in [1.29, 1.82) is 0 Å². The Balaban J connectivity index is 1.87. The number of fused-ring (bicyclic) bond motifs is 1. The Kier molecular flexibility index (Phi) is 3.10. The van der Waals surface area contributed by atoms with E-state index in [-0.39, 0.29) is 0 Å². The van der Waals surface area contributed by atoms with Crippen molar-refractivity contribution in [2.24, 2.45) is 0 Å². The molecule has 0 N–H and O–H groups in total. The zero-order chi connectivity index (χ0) is 12.2. The Bertz CT molecular complexity index is 633. The van der Waals surface area contributed by atoms with Crippen LogP contribution in [0.4, 0.5) is 0 Å². The minimum absolute atomic E-state index is 0.981. The van der Waals surface area contributed by atoms with Crippen LogP contribution in [0, 0.1) is 6.42 Å². The summed E-state index contributed by atoms with van der Waals surface area (Å²) in [6.07, 6.45) is 3.28. The monoisotopic (exact) mass is 231 g/mol. The quantitative estimate of drug-likeness (QED) is 0.616. The van der Waals surface area contributed by atoms with E-state index in [2.05, 4.69) is 79.2 Å². The summed E-state index contributed by atoms with van der Waals surface area (Å²) in [5.41, 5.74) is 2.67. The molecular formula is C18H15. The van der Waals surface area contributed by atoms with Gasteiger partial charge in [0.25, 0.3) is 0 Å². The van der Waals surface area contributed by atoms with Crippen molar-refractivity contribution in [1.82, 2.24) is 0 Å². The largest absolute Gasteiger partial charge is 0.0622 e. The zero-order valence-electron chi connectivity index (χ0n) is 10.2. The highest BCUT2D eigenvalue weighted by atomic mass is 14.0. The Labute approximate surface area is 108 Å². The van der Waals surface area contributed by atoms with E-state index in [9.17, 15) is 0 Å². The number of benzene rings is 3. The van der Waals surface area contributed by atoms with Crippen molar-refractivity contribution >= 4 is 10.8 Å². The maximum atomic E-state index is 2.30. The molecule has 0 saturated carbocycles. The summed E-state index contributed by atoms with van der Waals surface area (Å²) in [4.78, 5) is 0. The van der Waals surface area contributed by atoms with Gasteiger partial charge < -0.3 is 0 Å². The summed E-state index contributed by atoms with van der Waals surface area (Å²) in [7, 11) is 0. The van der Waals surface area contributed by atoms with Crippen LogP contribution in [0.15, 0.2) is 72.8 Å². The highest BCUT2D eigenvalue weighted by molar-refractivity contribution is 5.86. The molecule has 0 aromatic heterocycles. The van der Waals surface area contributed by atoms with Crippen LogP contribution in [-0.2, 0) is 6.42 Å². The molecule has 0 saturated heterocycles. The molecule has 0 nitrogen and oxygen atoms in total. The van der Waals surface area contributed by atoms with Crippen molar-refractivity contribution in [3.8, 4) is 0 Å². The first-order valence-electron chi connectivity index (χ1n) is 6.28. The number of rotatable bonds is 3. The normalized spacial score (nSPS) is 10.7. The van der Waals surface area contributed by atoms with Crippen LogP contribution in [-0.4, -0.2) is 0 Å². The second kappa shape index (κ2) is 5.05. The van der Waals surface area contributed by atoms with Gasteiger partial charge in [-0.2, -0.15) is 0 Å². The van der Waals surface area contributed by atoms with Crippen LogP contribution in [0.2, 0.25) is 0 Å². The van der Waals surface area contributed by atoms with Crippen molar-refractivity contribution < 1.29 is 0 Å². The second-order valence-corrected chi connectivity index (χ2v) is 4.46. The molecule has 0 aliphatic heterocycles. The highest BCUT2D eigenvalue weighted by Gasteiger charge is 2.00. The molecule has 0 heterocycles.